The Bertz CT molecular complexity index is 607. The number of benzene rings is 1. The highest BCUT2D eigenvalue weighted by atomic mass is 79.9. The summed E-state index contributed by atoms with van der Waals surface area (Å²) < 4.78 is 1.07. The minimum Gasteiger partial charge on any atom is -0.396 e. The SMILES string of the molecule is CC(C)(C)C(CCO)NCc1ccc(Br)c2cccnc12. The molecule has 1 atom stereocenters. The number of rotatable bonds is 5. The molecular weight excluding hydrogens is 328 g/mol. The molecule has 1 unspecified atom stereocenters. The zero-order valence-electron chi connectivity index (χ0n) is 12.9. The van der Waals surface area contributed by atoms with Gasteiger partial charge in [0.05, 0.1) is 5.52 Å². The second-order valence-electron chi connectivity index (χ2n) is 6.42. The molecule has 21 heavy (non-hydrogen) atoms. The highest BCUT2D eigenvalue weighted by Gasteiger charge is 2.23. The fourth-order valence-corrected chi connectivity index (χ4v) is 2.99. The molecule has 2 aromatic rings. The van der Waals surface area contributed by atoms with Crippen molar-refractivity contribution in [3.05, 3.63) is 40.5 Å². The van der Waals surface area contributed by atoms with Crippen LogP contribution in [-0.2, 0) is 6.54 Å². The van der Waals surface area contributed by atoms with Gasteiger partial charge in [-0.15, -0.1) is 0 Å². The van der Waals surface area contributed by atoms with E-state index in [1.165, 1.54) is 5.56 Å². The highest BCUT2D eigenvalue weighted by Crippen LogP contribution is 2.26. The number of nitrogens with zero attached hydrogens (tertiary/aromatic N) is 1. The third-order valence-corrected chi connectivity index (χ3v) is 4.49. The summed E-state index contributed by atoms with van der Waals surface area (Å²) in [5.74, 6) is 0. The first-order valence-corrected chi connectivity index (χ1v) is 8.09. The first kappa shape index (κ1) is 16.4. The van der Waals surface area contributed by atoms with Gasteiger partial charge in [-0.2, -0.15) is 0 Å². The monoisotopic (exact) mass is 350 g/mol. The first-order chi connectivity index (χ1) is 9.93. The molecule has 0 bridgehead atoms. The molecule has 0 aliphatic carbocycles. The second-order valence-corrected chi connectivity index (χ2v) is 7.27. The lowest BCUT2D eigenvalue weighted by Crippen LogP contribution is -2.40. The molecule has 3 nitrogen and oxygen atoms in total. The number of hydrogen-bond acceptors (Lipinski definition) is 3. The van der Waals surface area contributed by atoms with Crippen LogP contribution in [0.5, 0.6) is 0 Å². The Labute approximate surface area is 134 Å². The van der Waals surface area contributed by atoms with E-state index >= 15 is 0 Å². The number of aliphatic hydroxyl groups excluding tert-OH is 1. The summed E-state index contributed by atoms with van der Waals surface area (Å²) in [7, 11) is 0. The van der Waals surface area contributed by atoms with E-state index in [9.17, 15) is 5.11 Å². The van der Waals surface area contributed by atoms with Crippen molar-refractivity contribution in [3.63, 3.8) is 0 Å². The van der Waals surface area contributed by atoms with Gasteiger partial charge in [-0.1, -0.05) is 48.8 Å². The van der Waals surface area contributed by atoms with Crippen LogP contribution < -0.4 is 5.32 Å². The van der Waals surface area contributed by atoms with Gasteiger partial charge in [0, 0.05) is 35.2 Å². The molecule has 1 aromatic carbocycles. The van der Waals surface area contributed by atoms with Crippen LogP contribution in [0.3, 0.4) is 0 Å². The number of aromatic nitrogens is 1. The molecule has 2 rings (SSSR count). The van der Waals surface area contributed by atoms with Crippen LogP contribution in [0.4, 0.5) is 0 Å². The average molecular weight is 351 g/mol. The van der Waals surface area contributed by atoms with Crippen LogP contribution in [-0.4, -0.2) is 22.7 Å². The molecule has 0 aliphatic heterocycles. The summed E-state index contributed by atoms with van der Waals surface area (Å²) in [5, 5.41) is 14.0. The third kappa shape index (κ3) is 4.02. The molecule has 1 aromatic heterocycles. The van der Waals surface area contributed by atoms with Crippen LogP contribution in [0.15, 0.2) is 34.9 Å². The van der Waals surface area contributed by atoms with E-state index in [4.69, 9.17) is 0 Å². The van der Waals surface area contributed by atoms with Crippen LogP contribution in [0.2, 0.25) is 0 Å². The van der Waals surface area contributed by atoms with E-state index in [1.807, 2.05) is 12.3 Å². The molecule has 0 saturated carbocycles. The van der Waals surface area contributed by atoms with E-state index in [2.05, 4.69) is 65.2 Å². The normalized spacial score (nSPS) is 13.6. The van der Waals surface area contributed by atoms with Crippen molar-refractivity contribution in [2.75, 3.05) is 6.61 Å². The van der Waals surface area contributed by atoms with Crippen LogP contribution in [0.1, 0.15) is 32.8 Å². The predicted octanol–water partition coefficient (Wildman–Crippen LogP) is 3.88. The number of pyridine rings is 1. The maximum atomic E-state index is 9.25. The lowest BCUT2D eigenvalue weighted by Gasteiger charge is -2.31. The van der Waals surface area contributed by atoms with Gasteiger partial charge in [0.15, 0.2) is 0 Å². The summed E-state index contributed by atoms with van der Waals surface area (Å²) in [6.45, 7) is 7.53. The standard InChI is InChI=1S/C17H23BrN2O/c1-17(2,3)15(8-10-21)20-11-12-6-7-14(18)13-5-4-9-19-16(12)13/h4-7,9,15,20-21H,8,10-11H2,1-3H3. The quantitative estimate of drug-likeness (QED) is 0.859. The van der Waals surface area contributed by atoms with E-state index in [0.717, 1.165) is 28.3 Å². The predicted molar refractivity (Wildman–Crippen MR) is 91.2 cm³/mol. The van der Waals surface area contributed by atoms with Gasteiger partial charge >= 0.3 is 0 Å². The van der Waals surface area contributed by atoms with Crippen molar-refractivity contribution < 1.29 is 5.11 Å². The number of aliphatic hydroxyl groups is 1. The average Bonchev–Trinajstić information content (AvgIpc) is 2.44. The maximum absolute atomic E-state index is 9.25. The largest absolute Gasteiger partial charge is 0.396 e. The van der Waals surface area contributed by atoms with Crippen molar-refractivity contribution in [3.8, 4) is 0 Å². The molecule has 0 spiro atoms. The lowest BCUT2D eigenvalue weighted by atomic mass is 9.85. The first-order valence-electron chi connectivity index (χ1n) is 7.30. The Morgan fingerprint density at radius 1 is 1.29 bits per heavy atom. The van der Waals surface area contributed by atoms with Gasteiger partial charge in [0.1, 0.15) is 0 Å². The highest BCUT2D eigenvalue weighted by molar-refractivity contribution is 9.10. The third-order valence-electron chi connectivity index (χ3n) is 3.80. The van der Waals surface area contributed by atoms with Gasteiger partial charge < -0.3 is 10.4 Å². The Morgan fingerprint density at radius 2 is 2.05 bits per heavy atom. The van der Waals surface area contributed by atoms with Gasteiger partial charge in [-0.3, -0.25) is 4.98 Å². The fraction of sp³-hybridized carbons (Fsp3) is 0.471. The Morgan fingerprint density at radius 3 is 2.71 bits per heavy atom. The molecule has 4 heteroatoms. The van der Waals surface area contributed by atoms with Crippen LogP contribution in [0.25, 0.3) is 10.9 Å². The Hall–Kier alpha value is -0.970. The van der Waals surface area contributed by atoms with Crippen molar-refractivity contribution in [1.82, 2.24) is 10.3 Å². The molecule has 0 fully saturated rings. The lowest BCUT2D eigenvalue weighted by molar-refractivity contribution is 0.196. The zero-order chi connectivity index (χ0) is 15.5. The molecule has 1 heterocycles. The smallest absolute Gasteiger partial charge is 0.0758 e. The number of halogens is 1. The van der Waals surface area contributed by atoms with E-state index < -0.39 is 0 Å². The van der Waals surface area contributed by atoms with Gasteiger partial charge in [0.25, 0.3) is 0 Å². The van der Waals surface area contributed by atoms with Gasteiger partial charge in [0.2, 0.25) is 0 Å². The molecule has 2 N–H and O–H groups in total. The topological polar surface area (TPSA) is 45.1 Å². The number of hydrogen-bond donors (Lipinski definition) is 2. The minimum atomic E-state index is 0.112. The van der Waals surface area contributed by atoms with Crippen molar-refractivity contribution in [2.45, 2.75) is 39.8 Å². The van der Waals surface area contributed by atoms with Gasteiger partial charge in [-0.25, -0.2) is 0 Å². The minimum absolute atomic E-state index is 0.112. The molecule has 0 aliphatic rings. The van der Waals surface area contributed by atoms with Crippen LogP contribution >= 0.6 is 15.9 Å². The van der Waals surface area contributed by atoms with E-state index in [-0.39, 0.29) is 18.1 Å². The summed E-state index contributed by atoms with van der Waals surface area (Å²) in [4.78, 5) is 4.51. The molecule has 114 valence electrons. The molecular formula is C17H23BrN2O. The number of fused-ring (bicyclic) bond motifs is 1. The number of nitrogens with one attached hydrogen (secondary N) is 1. The molecule has 0 amide bonds. The van der Waals surface area contributed by atoms with E-state index in [0.29, 0.717) is 0 Å². The maximum Gasteiger partial charge on any atom is 0.0758 e. The zero-order valence-corrected chi connectivity index (χ0v) is 14.4. The molecule has 0 saturated heterocycles. The summed E-state index contributed by atoms with van der Waals surface area (Å²) in [6.07, 6.45) is 2.58. The summed E-state index contributed by atoms with van der Waals surface area (Å²) in [5.41, 5.74) is 2.32. The Balaban J connectivity index is 2.22. The fourth-order valence-electron chi connectivity index (χ4n) is 2.54. The van der Waals surface area contributed by atoms with Crippen LogP contribution in [0, 0.1) is 5.41 Å². The van der Waals surface area contributed by atoms with Crippen molar-refractivity contribution in [2.24, 2.45) is 5.41 Å². The Kier molecular flexibility index (Phi) is 5.36. The van der Waals surface area contributed by atoms with Gasteiger partial charge in [-0.05, 0) is 29.5 Å². The summed E-state index contributed by atoms with van der Waals surface area (Å²) in [6, 6.07) is 8.47. The van der Waals surface area contributed by atoms with Crippen molar-refractivity contribution in [1.29, 1.82) is 0 Å². The van der Waals surface area contributed by atoms with Crippen molar-refractivity contribution >= 4 is 26.8 Å². The molecule has 0 radical (unpaired) electrons. The second kappa shape index (κ2) is 6.86. The summed E-state index contributed by atoms with van der Waals surface area (Å²) >= 11 is 3.57. The van der Waals surface area contributed by atoms with E-state index in [1.54, 1.807) is 0 Å².